The maximum Gasteiger partial charge on any atom is 0.433 e. The van der Waals surface area contributed by atoms with Crippen molar-refractivity contribution in [1.82, 2.24) is 9.78 Å². The quantitative estimate of drug-likeness (QED) is 0.818. The van der Waals surface area contributed by atoms with Crippen molar-refractivity contribution in [2.75, 3.05) is 0 Å². The van der Waals surface area contributed by atoms with E-state index in [4.69, 9.17) is 0 Å². The van der Waals surface area contributed by atoms with E-state index < -0.39 is 36.3 Å². The Morgan fingerprint density at radius 3 is 2.60 bits per heavy atom. The normalized spacial score (nSPS) is 12.1. The summed E-state index contributed by atoms with van der Waals surface area (Å²) in [6.07, 6.45) is -7.63. The number of rotatable bonds is 3. The molecule has 0 aromatic carbocycles. The van der Waals surface area contributed by atoms with Gasteiger partial charge < -0.3 is 4.42 Å². The Hall–Kier alpha value is -2.19. The maximum absolute atomic E-state index is 12.8. The van der Waals surface area contributed by atoms with Gasteiger partial charge in [-0.2, -0.15) is 23.0 Å². The van der Waals surface area contributed by atoms with Crippen LogP contribution in [0.4, 0.5) is 22.0 Å². The van der Waals surface area contributed by atoms with Crippen LogP contribution in [0.15, 0.2) is 28.9 Å². The third kappa shape index (κ3) is 2.86. The molecule has 0 fully saturated rings. The first-order valence-electron chi connectivity index (χ1n) is 5.31. The van der Waals surface area contributed by atoms with Gasteiger partial charge in [-0.05, 0) is 18.2 Å². The fourth-order valence-corrected chi connectivity index (χ4v) is 1.55. The first-order valence-corrected chi connectivity index (χ1v) is 5.31. The van der Waals surface area contributed by atoms with Crippen LogP contribution in [-0.2, 0) is 12.6 Å². The lowest BCUT2D eigenvalue weighted by Crippen LogP contribution is -2.21. The first-order chi connectivity index (χ1) is 9.29. The SMILES string of the molecule is O=C(c1ccco1)n1nc(CC(F)F)cc1C(F)(F)F. The second-order valence-corrected chi connectivity index (χ2v) is 3.81. The van der Waals surface area contributed by atoms with E-state index in [0.29, 0.717) is 6.07 Å². The van der Waals surface area contributed by atoms with Crippen molar-refractivity contribution in [3.05, 3.63) is 41.6 Å². The minimum absolute atomic E-state index is 0.0244. The van der Waals surface area contributed by atoms with Crippen molar-refractivity contribution in [1.29, 1.82) is 0 Å². The van der Waals surface area contributed by atoms with Gasteiger partial charge in [-0.3, -0.25) is 4.79 Å². The summed E-state index contributed by atoms with van der Waals surface area (Å²) in [6, 6.07) is 2.88. The highest BCUT2D eigenvalue weighted by molar-refractivity contribution is 5.93. The number of hydrogen-bond donors (Lipinski definition) is 0. The van der Waals surface area contributed by atoms with Gasteiger partial charge in [-0.1, -0.05) is 0 Å². The second kappa shape index (κ2) is 5.06. The zero-order chi connectivity index (χ0) is 14.9. The largest absolute Gasteiger partial charge is 0.459 e. The third-order valence-electron chi connectivity index (χ3n) is 2.34. The van der Waals surface area contributed by atoms with Crippen molar-refractivity contribution >= 4 is 5.91 Å². The van der Waals surface area contributed by atoms with E-state index in [0.717, 1.165) is 12.3 Å². The molecule has 20 heavy (non-hydrogen) atoms. The van der Waals surface area contributed by atoms with E-state index >= 15 is 0 Å². The van der Waals surface area contributed by atoms with Crippen LogP contribution < -0.4 is 0 Å². The third-order valence-corrected chi connectivity index (χ3v) is 2.34. The molecule has 2 rings (SSSR count). The number of alkyl halides is 5. The molecule has 2 aromatic rings. The molecule has 0 bridgehead atoms. The number of furan rings is 1. The fraction of sp³-hybridized carbons (Fsp3) is 0.273. The van der Waals surface area contributed by atoms with Crippen LogP contribution in [0, 0.1) is 0 Å². The minimum atomic E-state index is -4.89. The summed E-state index contributed by atoms with van der Waals surface area (Å²) in [5.41, 5.74) is -1.94. The number of nitrogens with zero attached hydrogens (tertiary/aromatic N) is 2. The highest BCUT2D eigenvalue weighted by Gasteiger charge is 2.38. The van der Waals surface area contributed by atoms with Crippen LogP contribution in [0.5, 0.6) is 0 Å². The molecule has 0 spiro atoms. The standard InChI is InChI=1S/C11H7F5N2O2/c12-9(13)5-6-4-8(11(14,15)16)18(17-6)10(19)7-2-1-3-20-7/h1-4,9H,5H2. The van der Waals surface area contributed by atoms with Gasteiger partial charge in [0.25, 0.3) is 0 Å². The highest BCUT2D eigenvalue weighted by Crippen LogP contribution is 2.30. The van der Waals surface area contributed by atoms with Gasteiger partial charge in [0, 0.05) is 0 Å². The van der Waals surface area contributed by atoms with Gasteiger partial charge in [0.05, 0.1) is 18.4 Å². The summed E-state index contributed by atoms with van der Waals surface area (Å²) in [5, 5.41) is 3.28. The smallest absolute Gasteiger partial charge is 0.433 e. The number of carbonyl (C=O) groups is 1. The van der Waals surface area contributed by atoms with Gasteiger partial charge in [-0.25, -0.2) is 8.78 Å². The lowest BCUT2D eigenvalue weighted by atomic mass is 10.3. The first kappa shape index (κ1) is 14.2. The van der Waals surface area contributed by atoms with Gasteiger partial charge in [0.15, 0.2) is 11.5 Å². The van der Waals surface area contributed by atoms with Crippen molar-refractivity contribution in [3.63, 3.8) is 0 Å². The van der Waals surface area contributed by atoms with Crippen LogP contribution >= 0.6 is 0 Å². The molecule has 0 aliphatic carbocycles. The second-order valence-electron chi connectivity index (χ2n) is 3.81. The van der Waals surface area contributed by atoms with Gasteiger partial charge in [0.2, 0.25) is 6.43 Å². The predicted octanol–water partition coefficient (Wildman–Crippen LogP) is 2.99. The molecule has 0 saturated carbocycles. The Balaban J connectivity index is 2.45. The number of carbonyl (C=O) groups excluding carboxylic acids is 1. The Kier molecular flexibility index (Phi) is 3.60. The molecular formula is C11H7F5N2O2. The van der Waals surface area contributed by atoms with Crippen LogP contribution in [-0.4, -0.2) is 22.1 Å². The van der Waals surface area contributed by atoms with E-state index in [1.807, 2.05) is 0 Å². The lowest BCUT2D eigenvalue weighted by molar-refractivity contribution is -0.143. The molecule has 0 radical (unpaired) electrons. The van der Waals surface area contributed by atoms with Crippen LogP contribution in [0.1, 0.15) is 21.9 Å². The molecule has 2 heterocycles. The Labute approximate surface area is 108 Å². The van der Waals surface area contributed by atoms with Crippen molar-refractivity contribution in [2.24, 2.45) is 0 Å². The molecule has 0 atom stereocenters. The van der Waals surface area contributed by atoms with E-state index in [1.165, 1.54) is 6.07 Å². The molecule has 0 amide bonds. The zero-order valence-corrected chi connectivity index (χ0v) is 9.69. The van der Waals surface area contributed by atoms with Crippen molar-refractivity contribution in [2.45, 2.75) is 19.0 Å². The van der Waals surface area contributed by atoms with Crippen LogP contribution in [0.25, 0.3) is 0 Å². The molecular weight excluding hydrogens is 287 g/mol. The summed E-state index contributed by atoms with van der Waals surface area (Å²) in [5.74, 6) is -1.55. The Morgan fingerprint density at radius 2 is 2.10 bits per heavy atom. The van der Waals surface area contributed by atoms with E-state index in [2.05, 4.69) is 9.52 Å². The monoisotopic (exact) mass is 294 g/mol. The Bertz CT molecular complexity index is 601. The van der Waals surface area contributed by atoms with Gasteiger partial charge >= 0.3 is 12.1 Å². The highest BCUT2D eigenvalue weighted by atomic mass is 19.4. The van der Waals surface area contributed by atoms with E-state index in [-0.39, 0.29) is 10.4 Å². The topological polar surface area (TPSA) is 48.0 Å². The number of hydrogen-bond acceptors (Lipinski definition) is 3. The molecule has 0 aliphatic rings. The van der Waals surface area contributed by atoms with E-state index in [9.17, 15) is 26.7 Å². The maximum atomic E-state index is 12.8. The molecule has 0 aliphatic heterocycles. The lowest BCUT2D eigenvalue weighted by Gasteiger charge is -2.07. The molecule has 2 aromatic heterocycles. The average molecular weight is 294 g/mol. The molecule has 0 saturated heterocycles. The van der Waals surface area contributed by atoms with Crippen molar-refractivity contribution < 1.29 is 31.2 Å². The Morgan fingerprint density at radius 1 is 1.40 bits per heavy atom. The summed E-state index contributed by atoms with van der Waals surface area (Å²) in [6.45, 7) is 0. The molecule has 9 heteroatoms. The van der Waals surface area contributed by atoms with E-state index in [1.54, 1.807) is 0 Å². The number of aromatic nitrogens is 2. The van der Waals surface area contributed by atoms with Crippen LogP contribution in [0.2, 0.25) is 0 Å². The van der Waals surface area contributed by atoms with Crippen molar-refractivity contribution in [3.8, 4) is 0 Å². The molecule has 108 valence electrons. The number of halogens is 5. The fourth-order valence-electron chi connectivity index (χ4n) is 1.55. The summed E-state index contributed by atoms with van der Waals surface area (Å²) in [4.78, 5) is 11.8. The molecule has 0 N–H and O–H groups in total. The summed E-state index contributed by atoms with van der Waals surface area (Å²) >= 11 is 0. The minimum Gasteiger partial charge on any atom is -0.459 e. The van der Waals surface area contributed by atoms with Crippen LogP contribution in [0.3, 0.4) is 0 Å². The molecule has 0 unspecified atom stereocenters. The zero-order valence-electron chi connectivity index (χ0n) is 9.69. The van der Waals surface area contributed by atoms with Gasteiger partial charge in [-0.15, -0.1) is 0 Å². The van der Waals surface area contributed by atoms with Gasteiger partial charge in [0.1, 0.15) is 0 Å². The average Bonchev–Trinajstić information content (AvgIpc) is 2.93. The summed E-state index contributed by atoms with van der Waals surface area (Å²) in [7, 11) is 0. The predicted molar refractivity (Wildman–Crippen MR) is 55.4 cm³/mol. The molecule has 4 nitrogen and oxygen atoms in total. The summed E-state index contributed by atoms with van der Waals surface area (Å²) < 4.78 is 67.4.